The molecule has 0 fully saturated rings. The SMILES string of the molecule is Cc1ccc2nc(COCC(=O)NC(CO)c3ccc(F)cc3)[nH]c2c1. The lowest BCUT2D eigenvalue weighted by molar-refractivity contribution is -0.127. The molecular weight excluding hydrogens is 337 g/mol. The highest BCUT2D eigenvalue weighted by atomic mass is 19.1. The number of aliphatic hydroxyl groups excluding tert-OH is 1. The van der Waals surface area contributed by atoms with E-state index in [9.17, 15) is 14.3 Å². The number of carbonyl (C=O) groups is 1. The monoisotopic (exact) mass is 357 g/mol. The molecule has 1 atom stereocenters. The summed E-state index contributed by atoms with van der Waals surface area (Å²) in [5.41, 5.74) is 3.51. The van der Waals surface area contributed by atoms with Crippen molar-refractivity contribution in [3.05, 3.63) is 65.2 Å². The maximum Gasteiger partial charge on any atom is 0.246 e. The molecule has 26 heavy (non-hydrogen) atoms. The van der Waals surface area contributed by atoms with Crippen molar-refractivity contribution in [2.45, 2.75) is 19.6 Å². The number of hydrogen-bond acceptors (Lipinski definition) is 4. The molecule has 0 bridgehead atoms. The second-order valence-corrected chi connectivity index (χ2v) is 6.05. The van der Waals surface area contributed by atoms with E-state index in [1.165, 1.54) is 24.3 Å². The zero-order valence-corrected chi connectivity index (χ0v) is 14.3. The van der Waals surface area contributed by atoms with Crippen LogP contribution >= 0.6 is 0 Å². The van der Waals surface area contributed by atoms with Crippen molar-refractivity contribution >= 4 is 16.9 Å². The van der Waals surface area contributed by atoms with Crippen LogP contribution in [0.1, 0.15) is 23.0 Å². The van der Waals surface area contributed by atoms with E-state index in [0.717, 1.165) is 16.6 Å². The van der Waals surface area contributed by atoms with Gasteiger partial charge >= 0.3 is 0 Å². The van der Waals surface area contributed by atoms with Gasteiger partial charge in [-0.15, -0.1) is 0 Å². The van der Waals surface area contributed by atoms with E-state index in [4.69, 9.17) is 4.74 Å². The van der Waals surface area contributed by atoms with Crippen molar-refractivity contribution in [2.75, 3.05) is 13.2 Å². The second-order valence-electron chi connectivity index (χ2n) is 6.05. The zero-order chi connectivity index (χ0) is 18.5. The molecule has 2 aromatic carbocycles. The summed E-state index contributed by atoms with van der Waals surface area (Å²) in [5.74, 6) is -0.114. The number of benzene rings is 2. The molecule has 0 radical (unpaired) electrons. The number of aromatic nitrogens is 2. The fraction of sp³-hybridized carbons (Fsp3) is 0.263. The molecule has 0 aliphatic heterocycles. The third kappa shape index (κ3) is 4.44. The number of aromatic amines is 1. The van der Waals surface area contributed by atoms with Crippen molar-refractivity contribution in [3.63, 3.8) is 0 Å². The maximum atomic E-state index is 13.0. The smallest absolute Gasteiger partial charge is 0.246 e. The summed E-state index contributed by atoms with van der Waals surface area (Å²) >= 11 is 0. The Bertz CT molecular complexity index is 893. The first-order valence-corrected chi connectivity index (χ1v) is 8.24. The molecular formula is C19H20FN3O3. The molecule has 1 unspecified atom stereocenters. The van der Waals surface area contributed by atoms with Gasteiger partial charge in [-0.3, -0.25) is 4.79 Å². The molecule has 1 aromatic heterocycles. The zero-order valence-electron chi connectivity index (χ0n) is 14.3. The van der Waals surface area contributed by atoms with E-state index in [0.29, 0.717) is 11.4 Å². The Kier molecular flexibility index (Phi) is 5.60. The van der Waals surface area contributed by atoms with Crippen molar-refractivity contribution in [1.82, 2.24) is 15.3 Å². The van der Waals surface area contributed by atoms with Crippen molar-refractivity contribution in [3.8, 4) is 0 Å². The lowest BCUT2D eigenvalue weighted by Crippen LogP contribution is -2.33. The highest BCUT2D eigenvalue weighted by Crippen LogP contribution is 2.14. The normalized spacial score (nSPS) is 12.3. The first kappa shape index (κ1) is 18.0. The summed E-state index contributed by atoms with van der Waals surface area (Å²) in [5, 5.41) is 12.1. The summed E-state index contributed by atoms with van der Waals surface area (Å²) in [4.78, 5) is 19.6. The van der Waals surface area contributed by atoms with Gasteiger partial charge in [-0.1, -0.05) is 18.2 Å². The van der Waals surface area contributed by atoms with Crippen LogP contribution < -0.4 is 5.32 Å². The Balaban J connectivity index is 1.51. The van der Waals surface area contributed by atoms with E-state index in [2.05, 4.69) is 15.3 Å². The van der Waals surface area contributed by atoms with Gasteiger partial charge in [-0.05, 0) is 42.3 Å². The molecule has 1 amide bonds. The van der Waals surface area contributed by atoms with Gasteiger partial charge in [0.2, 0.25) is 5.91 Å². The van der Waals surface area contributed by atoms with Crippen LogP contribution in [0, 0.1) is 12.7 Å². The second kappa shape index (κ2) is 8.07. The number of amides is 1. The lowest BCUT2D eigenvalue weighted by atomic mass is 10.1. The van der Waals surface area contributed by atoms with Gasteiger partial charge in [0.15, 0.2) is 0 Å². The first-order chi connectivity index (χ1) is 12.5. The number of aliphatic hydroxyl groups is 1. The van der Waals surface area contributed by atoms with E-state index < -0.39 is 6.04 Å². The van der Waals surface area contributed by atoms with E-state index >= 15 is 0 Å². The first-order valence-electron chi connectivity index (χ1n) is 8.24. The molecule has 0 saturated heterocycles. The Labute approximate surface area is 150 Å². The van der Waals surface area contributed by atoms with E-state index in [-0.39, 0.29) is 31.5 Å². The fourth-order valence-electron chi connectivity index (χ4n) is 2.65. The number of imidazole rings is 1. The van der Waals surface area contributed by atoms with Gasteiger partial charge in [0.05, 0.1) is 23.7 Å². The number of nitrogens with zero attached hydrogens (tertiary/aromatic N) is 1. The quantitative estimate of drug-likeness (QED) is 0.606. The standard InChI is InChI=1S/C19H20FN3O3/c1-12-2-7-15-16(8-12)22-18(21-15)10-26-11-19(25)23-17(9-24)13-3-5-14(20)6-4-13/h2-8,17,24H,9-11H2,1H3,(H,21,22)(H,23,25). The average molecular weight is 357 g/mol. The van der Waals surface area contributed by atoms with E-state index in [1.54, 1.807) is 0 Å². The molecule has 7 heteroatoms. The maximum absolute atomic E-state index is 13.0. The molecule has 3 N–H and O–H groups in total. The van der Waals surface area contributed by atoms with Crippen LogP contribution in [0.4, 0.5) is 4.39 Å². The van der Waals surface area contributed by atoms with Crippen molar-refractivity contribution < 1.29 is 19.0 Å². The average Bonchev–Trinajstić information content (AvgIpc) is 3.02. The molecule has 3 rings (SSSR count). The number of nitrogens with one attached hydrogen (secondary N) is 2. The Morgan fingerprint density at radius 1 is 1.31 bits per heavy atom. The van der Waals surface area contributed by atoms with Gasteiger partial charge in [0.25, 0.3) is 0 Å². The lowest BCUT2D eigenvalue weighted by Gasteiger charge is -2.16. The molecule has 1 heterocycles. The van der Waals surface area contributed by atoms with Crippen molar-refractivity contribution in [1.29, 1.82) is 0 Å². The minimum absolute atomic E-state index is 0.168. The van der Waals surface area contributed by atoms with Crippen LogP contribution in [0.5, 0.6) is 0 Å². The third-order valence-corrected chi connectivity index (χ3v) is 3.95. The number of fused-ring (bicyclic) bond motifs is 1. The number of carbonyl (C=O) groups excluding carboxylic acids is 1. The highest BCUT2D eigenvalue weighted by Gasteiger charge is 2.14. The molecule has 0 aliphatic rings. The van der Waals surface area contributed by atoms with Crippen LogP contribution in [0.2, 0.25) is 0 Å². The molecule has 6 nitrogen and oxygen atoms in total. The van der Waals surface area contributed by atoms with Gasteiger partial charge in [-0.2, -0.15) is 0 Å². The summed E-state index contributed by atoms with van der Waals surface area (Å²) in [7, 11) is 0. The third-order valence-electron chi connectivity index (χ3n) is 3.95. The number of aryl methyl sites for hydroxylation is 1. The van der Waals surface area contributed by atoms with Gasteiger partial charge in [-0.25, -0.2) is 9.37 Å². The predicted octanol–water partition coefficient (Wildman–Crippen LogP) is 2.38. The summed E-state index contributed by atoms with van der Waals surface area (Å²) in [6, 6.07) is 10.9. The summed E-state index contributed by atoms with van der Waals surface area (Å²) in [6.45, 7) is 1.70. The topological polar surface area (TPSA) is 87.2 Å². The number of rotatable bonds is 7. The van der Waals surface area contributed by atoms with Crippen LogP contribution in [0.3, 0.4) is 0 Å². The Morgan fingerprint density at radius 3 is 2.81 bits per heavy atom. The Hall–Kier alpha value is -2.77. The molecule has 136 valence electrons. The number of H-pyrrole nitrogens is 1. The van der Waals surface area contributed by atoms with Gasteiger partial charge in [0.1, 0.15) is 24.9 Å². The van der Waals surface area contributed by atoms with Gasteiger partial charge in [0, 0.05) is 0 Å². The highest BCUT2D eigenvalue weighted by molar-refractivity contribution is 5.78. The number of hydrogen-bond donors (Lipinski definition) is 3. The van der Waals surface area contributed by atoms with E-state index in [1.807, 2.05) is 25.1 Å². The van der Waals surface area contributed by atoms with Crippen LogP contribution in [-0.4, -0.2) is 34.2 Å². The number of halogens is 1. The summed E-state index contributed by atoms with van der Waals surface area (Å²) < 4.78 is 18.4. The minimum Gasteiger partial charge on any atom is -0.394 e. The largest absolute Gasteiger partial charge is 0.394 e. The van der Waals surface area contributed by atoms with Gasteiger partial charge < -0.3 is 20.1 Å². The number of ether oxygens (including phenoxy) is 1. The summed E-state index contributed by atoms with van der Waals surface area (Å²) in [6.07, 6.45) is 0. The molecule has 0 aliphatic carbocycles. The Morgan fingerprint density at radius 2 is 2.08 bits per heavy atom. The minimum atomic E-state index is -0.610. The predicted molar refractivity (Wildman–Crippen MR) is 94.9 cm³/mol. The molecule has 0 saturated carbocycles. The molecule has 0 spiro atoms. The van der Waals surface area contributed by atoms with Crippen LogP contribution in [0.25, 0.3) is 11.0 Å². The fourth-order valence-corrected chi connectivity index (χ4v) is 2.65. The van der Waals surface area contributed by atoms with Crippen molar-refractivity contribution in [2.24, 2.45) is 0 Å². The van der Waals surface area contributed by atoms with Crippen LogP contribution in [-0.2, 0) is 16.1 Å². The van der Waals surface area contributed by atoms with Crippen LogP contribution in [0.15, 0.2) is 42.5 Å². The molecule has 3 aromatic rings.